The smallest absolute Gasteiger partial charge is 0.273 e. The molecular weight excluding hydrogens is 244 g/mol. The van der Waals surface area contributed by atoms with Crippen molar-refractivity contribution in [2.75, 3.05) is 6.61 Å². The van der Waals surface area contributed by atoms with Crippen LogP contribution in [0, 0.1) is 0 Å². The summed E-state index contributed by atoms with van der Waals surface area (Å²) in [6.07, 6.45) is 0. The summed E-state index contributed by atoms with van der Waals surface area (Å²) >= 11 is 0. The average Bonchev–Trinajstić information content (AvgIpc) is 2.89. The van der Waals surface area contributed by atoms with E-state index < -0.39 is 5.54 Å². The summed E-state index contributed by atoms with van der Waals surface area (Å²) in [4.78, 5) is 11.9. The molecule has 0 saturated heterocycles. The van der Waals surface area contributed by atoms with E-state index in [1.807, 2.05) is 30.3 Å². The Labute approximate surface area is 111 Å². The van der Waals surface area contributed by atoms with Crippen molar-refractivity contribution in [1.82, 2.24) is 10.5 Å². The second-order valence-corrected chi connectivity index (χ2v) is 4.94. The van der Waals surface area contributed by atoms with Gasteiger partial charge in [0.15, 0.2) is 11.5 Å². The van der Waals surface area contributed by atoms with Gasteiger partial charge in [-0.05, 0) is 13.8 Å². The van der Waals surface area contributed by atoms with Gasteiger partial charge in [0.05, 0.1) is 12.1 Å². The molecule has 0 spiro atoms. The zero-order valence-electron chi connectivity index (χ0n) is 10.9. The number of nitrogens with zero attached hydrogens (tertiary/aromatic N) is 1. The lowest BCUT2D eigenvalue weighted by Gasteiger charge is -2.22. The second kappa shape index (κ2) is 5.24. The molecule has 0 saturated carbocycles. The molecule has 0 aliphatic carbocycles. The van der Waals surface area contributed by atoms with Gasteiger partial charge in [-0.3, -0.25) is 4.79 Å². The SMILES string of the molecule is CC(C)(CO)NC(=O)c1cc(-c2ccccc2)on1. The lowest BCUT2D eigenvalue weighted by molar-refractivity contribution is 0.0860. The quantitative estimate of drug-likeness (QED) is 0.879. The van der Waals surface area contributed by atoms with Crippen LogP contribution in [-0.4, -0.2) is 28.3 Å². The fourth-order valence-electron chi connectivity index (χ4n) is 1.53. The van der Waals surface area contributed by atoms with Crippen molar-refractivity contribution in [1.29, 1.82) is 0 Å². The Morgan fingerprint density at radius 2 is 2.05 bits per heavy atom. The summed E-state index contributed by atoms with van der Waals surface area (Å²) in [7, 11) is 0. The molecule has 19 heavy (non-hydrogen) atoms. The number of benzene rings is 1. The van der Waals surface area contributed by atoms with Gasteiger partial charge in [-0.15, -0.1) is 0 Å². The van der Waals surface area contributed by atoms with Gasteiger partial charge in [-0.1, -0.05) is 35.5 Å². The number of hydrogen-bond donors (Lipinski definition) is 2. The van der Waals surface area contributed by atoms with E-state index in [0.29, 0.717) is 5.76 Å². The highest BCUT2D eigenvalue weighted by atomic mass is 16.5. The van der Waals surface area contributed by atoms with Crippen molar-refractivity contribution in [2.45, 2.75) is 19.4 Å². The topological polar surface area (TPSA) is 75.4 Å². The molecular formula is C14H16N2O3. The summed E-state index contributed by atoms with van der Waals surface area (Å²) in [6, 6.07) is 11.0. The molecule has 0 aliphatic rings. The molecule has 0 unspecified atom stereocenters. The van der Waals surface area contributed by atoms with Crippen molar-refractivity contribution in [2.24, 2.45) is 0 Å². The predicted molar refractivity (Wildman–Crippen MR) is 70.6 cm³/mol. The van der Waals surface area contributed by atoms with E-state index in [9.17, 15) is 4.79 Å². The van der Waals surface area contributed by atoms with Gasteiger partial charge in [0.1, 0.15) is 0 Å². The van der Waals surface area contributed by atoms with Gasteiger partial charge < -0.3 is 14.9 Å². The average molecular weight is 260 g/mol. The highest BCUT2D eigenvalue weighted by Crippen LogP contribution is 2.19. The van der Waals surface area contributed by atoms with Gasteiger partial charge in [-0.2, -0.15) is 0 Å². The van der Waals surface area contributed by atoms with Crippen LogP contribution in [0.25, 0.3) is 11.3 Å². The first kappa shape index (κ1) is 13.3. The van der Waals surface area contributed by atoms with Crippen molar-refractivity contribution >= 4 is 5.91 Å². The molecule has 2 aromatic rings. The minimum absolute atomic E-state index is 0.151. The molecule has 0 fully saturated rings. The predicted octanol–water partition coefficient (Wildman–Crippen LogP) is 1.84. The normalized spacial score (nSPS) is 11.3. The zero-order valence-corrected chi connectivity index (χ0v) is 10.9. The molecule has 5 heteroatoms. The molecule has 5 nitrogen and oxygen atoms in total. The van der Waals surface area contributed by atoms with Gasteiger partial charge in [0, 0.05) is 11.6 Å². The highest BCUT2D eigenvalue weighted by Gasteiger charge is 2.22. The Balaban J connectivity index is 2.16. The number of carbonyl (C=O) groups excluding carboxylic acids is 1. The summed E-state index contributed by atoms with van der Waals surface area (Å²) in [5, 5.41) is 15.5. The van der Waals surface area contributed by atoms with Crippen LogP contribution in [0.3, 0.4) is 0 Å². The molecule has 0 bridgehead atoms. The number of aliphatic hydroxyl groups excluding tert-OH is 1. The van der Waals surface area contributed by atoms with Gasteiger partial charge in [-0.25, -0.2) is 0 Å². The van der Waals surface area contributed by atoms with Crippen LogP contribution < -0.4 is 5.32 Å². The largest absolute Gasteiger partial charge is 0.394 e. The first-order valence-electron chi connectivity index (χ1n) is 5.97. The molecule has 0 atom stereocenters. The van der Waals surface area contributed by atoms with Crippen LogP contribution >= 0.6 is 0 Å². The van der Waals surface area contributed by atoms with Crippen molar-refractivity contribution in [3.05, 3.63) is 42.1 Å². The molecule has 2 rings (SSSR count). The minimum Gasteiger partial charge on any atom is -0.394 e. The van der Waals surface area contributed by atoms with E-state index in [0.717, 1.165) is 5.56 Å². The fraction of sp³-hybridized carbons (Fsp3) is 0.286. The van der Waals surface area contributed by atoms with Crippen molar-refractivity contribution in [3.63, 3.8) is 0 Å². The van der Waals surface area contributed by atoms with Crippen LogP contribution in [-0.2, 0) is 0 Å². The monoisotopic (exact) mass is 260 g/mol. The zero-order chi connectivity index (χ0) is 13.9. The Morgan fingerprint density at radius 3 is 2.68 bits per heavy atom. The maximum Gasteiger partial charge on any atom is 0.273 e. The molecule has 100 valence electrons. The first-order valence-corrected chi connectivity index (χ1v) is 5.97. The number of aromatic nitrogens is 1. The number of carbonyl (C=O) groups is 1. The van der Waals surface area contributed by atoms with Crippen molar-refractivity contribution < 1.29 is 14.4 Å². The third kappa shape index (κ3) is 3.20. The number of nitrogens with one attached hydrogen (secondary N) is 1. The van der Waals surface area contributed by atoms with Crippen LogP contribution in [0.15, 0.2) is 40.9 Å². The molecule has 0 aliphatic heterocycles. The Bertz CT molecular complexity index is 561. The van der Waals surface area contributed by atoms with E-state index in [-0.39, 0.29) is 18.2 Å². The maximum absolute atomic E-state index is 11.9. The van der Waals surface area contributed by atoms with E-state index >= 15 is 0 Å². The maximum atomic E-state index is 11.9. The lowest BCUT2D eigenvalue weighted by atomic mass is 10.1. The Hall–Kier alpha value is -2.14. The van der Waals surface area contributed by atoms with Crippen LogP contribution in [0.5, 0.6) is 0 Å². The van der Waals surface area contributed by atoms with Crippen LogP contribution in [0.4, 0.5) is 0 Å². The van der Waals surface area contributed by atoms with Crippen LogP contribution in [0.1, 0.15) is 24.3 Å². The molecule has 1 heterocycles. The lowest BCUT2D eigenvalue weighted by Crippen LogP contribution is -2.46. The second-order valence-electron chi connectivity index (χ2n) is 4.94. The summed E-state index contributed by atoms with van der Waals surface area (Å²) in [5.41, 5.74) is 0.360. The standard InChI is InChI=1S/C14H16N2O3/c1-14(2,9-17)15-13(18)11-8-12(19-16-11)10-6-4-3-5-7-10/h3-8,17H,9H2,1-2H3,(H,15,18). The van der Waals surface area contributed by atoms with Crippen LogP contribution in [0.2, 0.25) is 0 Å². The molecule has 1 amide bonds. The Morgan fingerprint density at radius 1 is 1.37 bits per heavy atom. The minimum atomic E-state index is -0.692. The Kier molecular flexibility index (Phi) is 3.66. The number of hydrogen-bond acceptors (Lipinski definition) is 4. The van der Waals surface area contributed by atoms with Gasteiger partial charge in [0.2, 0.25) is 0 Å². The highest BCUT2D eigenvalue weighted by molar-refractivity contribution is 5.93. The summed E-state index contributed by atoms with van der Waals surface area (Å²) in [5.74, 6) is 0.164. The third-order valence-corrected chi connectivity index (χ3v) is 2.65. The number of amides is 1. The molecule has 1 aromatic heterocycles. The van der Waals surface area contributed by atoms with E-state index in [1.54, 1.807) is 19.9 Å². The fourth-order valence-corrected chi connectivity index (χ4v) is 1.53. The van der Waals surface area contributed by atoms with E-state index in [1.165, 1.54) is 0 Å². The first-order chi connectivity index (χ1) is 9.02. The third-order valence-electron chi connectivity index (χ3n) is 2.65. The van der Waals surface area contributed by atoms with Crippen molar-refractivity contribution in [3.8, 4) is 11.3 Å². The van der Waals surface area contributed by atoms with Gasteiger partial charge >= 0.3 is 0 Å². The molecule has 1 aromatic carbocycles. The number of aliphatic hydroxyl groups is 1. The molecule has 2 N–H and O–H groups in total. The summed E-state index contributed by atoms with van der Waals surface area (Å²) < 4.78 is 5.15. The molecule has 0 radical (unpaired) electrons. The van der Waals surface area contributed by atoms with E-state index in [2.05, 4.69) is 10.5 Å². The summed E-state index contributed by atoms with van der Waals surface area (Å²) in [6.45, 7) is 3.30. The van der Waals surface area contributed by atoms with E-state index in [4.69, 9.17) is 9.63 Å². The van der Waals surface area contributed by atoms with Gasteiger partial charge in [0.25, 0.3) is 5.91 Å². The number of rotatable bonds is 4.